The third-order valence-corrected chi connectivity index (χ3v) is 2.86. The predicted octanol–water partition coefficient (Wildman–Crippen LogP) is 2.44. The van der Waals surface area contributed by atoms with E-state index in [1.54, 1.807) is 6.07 Å². The second-order valence-corrected chi connectivity index (χ2v) is 3.84. The fourth-order valence-electron chi connectivity index (χ4n) is 1.15. The van der Waals surface area contributed by atoms with Gasteiger partial charge in [-0.3, -0.25) is 10.1 Å². The van der Waals surface area contributed by atoms with Crippen molar-refractivity contribution in [3.8, 4) is 0 Å². The molecular weight excluding hydrogens is 226 g/mol. The topological polar surface area (TPSA) is 82.0 Å². The first kappa shape index (κ1) is 9.17. The summed E-state index contributed by atoms with van der Waals surface area (Å²) in [6.07, 6.45) is 0. The lowest BCUT2D eigenvalue weighted by atomic mass is 10.2. The third-order valence-electron chi connectivity index (χ3n) is 1.74. The van der Waals surface area contributed by atoms with E-state index in [0.29, 0.717) is 10.1 Å². The van der Waals surface area contributed by atoms with E-state index in [1.807, 2.05) is 0 Å². The van der Waals surface area contributed by atoms with Crippen molar-refractivity contribution >= 4 is 44.7 Å². The van der Waals surface area contributed by atoms with Crippen LogP contribution in [0.4, 0.5) is 11.5 Å². The summed E-state index contributed by atoms with van der Waals surface area (Å²) in [5, 5.41) is 11.5. The Kier molecular flexibility index (Phi) is 2.01. The van der Waals surface area contributed by atoms with Crippen LogP contribution in [0.1, 0.15) is 0 Å². The van der Waals surface area contributed by atoms with Gasteiger partial charge < -0.3 is 5.73 Å². The number of rotatable bonds is 1. The zero-order valence-electron chi connectivity index (χ0n) is 6.73. The predicted molar refractivity (Wildman–Crippen MR) is 55.7 cm³/mol. The number of nitrogens with zero attached hydrogens (tertiary/aromatic N) is 2. The van der Waals surface area contributed by atoms with Gasteiger partial charge in [-0.1, -0.05) is 11.6 Å². The van der Waals surface area contributed by atoms with E-state index >= 15 is 0 Å². The number of benzene rings is 1. The Hall–Kier alpha value is -1.40. The molecule has 0 aliphatic heterocycles. The average molecular weight is 230 g/mol. The molecule has 1 aromatic carbocycles. The molecule has 5 nitrogen and oxygen atoms in total. The smallest absolute Gasteiger partial charge is 0.290 e. The number of non-ortho nitro benzene ring substituents is 1. The lowest BCUT2D eigenvalue weighted by molar-refractivity contribution is -0.382. The van der Waals surface area contributed by atoms with Gasteiger partial charge in [0.25, 0.3) is 5.69 Å². The fourth-order valence-corrected chi connectivity index (χ4v) is 2.13. The van der Waals surface area contributed by atoms with Gasteiger partial charge >= 0.3 is 0 Å². The number of nitrogen functional groups attached to an aromatic ring is 1. The molecule has 0 bridgehead atoms. The first-order valence-corrected chi connectivity index (χ1v) is 4.73. The molecule has 0 spiro atoms. The van der Waals surface area contributed by atoms with Gasteiger partial charge in [0.15, 0.2) is 0 Å². The Balaban J connectivity index is 2.88. The Bertz CT molecular complexity index is 525. The minimum Gasteiger partial charge on any atom is -0.382 e. The molecule has 0 atom stereocenters. The summed E-state index contributed by atoms with van der Waals surface area (Å²) in [6.45, 7) is 0. The summed E-state index contributed by atoms with van der Waals surface area (Å²) in [4.78, 5) is 10.2. The molecule has 0 aliphatic carbocycles. The molecule has 0 amide bonds. The van der Waals surface area contributed by atoms with Crippen LogP contribution in [0.25, 0.3) is 10.1 Å². The number of nitro benzene ring substituents is 1. The molecule has 2 rings (SSSR count). The fraction of sp³-hybridized carbons (Fsp3) is 0. The van der Waals surface area contributed by atoms with Crippen LogP contribution in [-0.2, 0) is 0 Å². The van der Waals surface area contributed by atoms with E-state index in [0.717, 1.165) is 11.5 Å². The second-order valence-electron chi connectivity index (χ2n) is 2.63. The van der Waals surface area contributed by atoms with Crippen LogP contribution in [0.5, 0.6) is 0 Å². The van der Waals surface area contributed by atoms with Gasteiger partial charge in [-0.2, -0.15) is 4.37 Å². The van der Waals surface area contributed by atoms with Crippen molar-refractivity contribution in [2.75, 3.05) is 5.73 Å². The van der Waals surface area contributed by atoms with Gasteiger partial charge in [0, 0.05) is 16.5 Å². The maximum absolute atomic E-state index is 10.7. The number of hydrogen-bond acceptors (Lipinski definition) is 5. The van der Waals surface area contributed by atoms with E-state index in [-0.39, 0.29) is 16.5 Å². The molecule has 1 aromatic heterocycles. The van der Waals surface area contributed by atoms with Gasteiger partial charge in [0.1, 0.15) is 10.5 Å². The summed E-state index contributed by atoms with van der Waals surface area (Å²) in [5.74, 6) is 0.274. The number of aromatic nitrogens is 1. The number of halogens is 1. The van der Waals surface area contributed by atoms with Crippen LogP contribution in [0, 0.1) is 10.1 Å². The first-order chi connectivity index (χ1) is 6.59. The van der Waals surface area contributed by atoms with Gasteiger partial charge in [0.05, 0.1) is 4.92 Å². The molecule has 1 heterocycles. The summed E-state index contributed by atoms with van der Waals surface area (Å²) >= 11 is 6.72. The summed E-state index contributed by atoms with van der Waals surface area (Å²) in [7, 11) is 0. The molecule has 0 aliphatic rings. The molecule has 0 saturated carbocycles. The van der Waals surface area contributed by atoms with Gasteiger partial charge in [-0.25, -0.2) is 0 Å². The number of anilines is 1. The van der Waals surface area contributed by atoms with E-state index < -0.39 is 4.92 Å². The van der Waals surface area contributed by atoms with Crippen molar-refractivity contribution in [3.63, 3.8) is 0 Å². The molecule has 2 aromatic rings. The monoisotopic (exact) mass is 229 g/mol. The highest BCUT2D eigenvalue weighted by molar-refractivity contribution is 7.14. The Morgan fingerprint density at radius 2 is 2.29 bits per heavy atom. The minimum absolute atomic E-state index is 0.0540. The summed E-state index contributed by atoms with van der Waals surface area (Å²) in [6, 6.07) is 2.87. The lowest BCUT2D eigenvalue weighted by Gasteiger charge is -1.94. The van der Waals surface area contributed by atoms with Crippen molar-refractivity contribution in [1.29, 1.82) is 0 Å². The van der Waals surface area contributed by atoms with E-state index in [2.05, 4.69) is 4.37 Å². The average Bonchev–Trinajstić information content (AvgIpc) is 2.47. The Labute approximate surface area is 87.4 Å². The molecular formula is C7H4ClN3O2S. The second kappa shape index (κ2) is 3.07. The maximum Gasteiger partial charge on any atom is 0.290 e. The van der Waals surface area contributed by atoms with Gasteiger partial charge in [0.2, 0.25) is 0 Å². The number of hydrogen-bond donors (Lipinski definition) is 1. The molecule has 14 heavy (non-hydrogen) atoms. The zero-order valence-corrected chi connectivity index (χ0v) is 8.30. The van der Waals surface area contributed by atoms with Crippen molar-refractivity contribution in [2.24, 2.45) is 0 Å². The van der Waals surface area contributed by atoms with E-state index in [1.165, 1.54) is 6.07 Å². The normalized spacial score (nSPS) is 10.6. The highest BCUT2D eigenvalue weighted by atomic mass is 35.5. The largest absolute Gasteiger partial charge is 0.382 e. The first-order valence-electron chi connectivity index (χ1n) is 3.58. The molecule has 72 valence electrons. The summed E-state index contributed by atoms with van der Waals surface area (Å²) < 4.78 is 4.29. The number of nitro groups is 1. The van der Waals surface area contributed by atoms with E-state index in [9.17, 15) is 10.1 Å². The Morgan fingerprint density at radius 1 is 1.57 bits per heavy atom. The van der Waals surface area contributed by atoms with Crippen LogP contribution < -0.4 is 5.73 Å². The standard InChI is InChI=1S/C7H4ClN3O2S/c8-3-1-4-6(14-10-7(4)9)5(2-3)11(12)13/h1-2H,(H2,9,10). The van der Waals surface area contributed by atoms with Gasteiger partial charge in [-0.05, 0) is 17.6 Å². The quantitative estimate of drug-likeness (QED) is 0.601. The highest BCUT2D eigenvalue weighted by Crippen LogP contribution is 2.35. The van der Waals surface area contributed by atoms with Crippen molar-refractivity contribution in [2.45, 2.75) is 0 Å². The zero-order chi connectivity index (χ0) is 10.3. The molecule has 2 N–H and O–H groups in total. The lowest BCUT2D eigenvalue weighted by Crippen LogP contribution is -1.88. The van der Waals surface area contributed by atoms with Crippen molar-refractivity contribution in [3.05, 3.63) is 27.3 Å². The van der Waals surface area contributed by atoms with Crippen LogP contribution in [-0.4, -0.2) is 9.30 Å². The van der Waals surface area contributed by atoms with Crippen LogP contribution in [0.3, 0.4) is 0 Å². The van der Waals surface area contributed by atoms with Crippen LogP contribution >= 0.6 is 23.1 Å². The molecule has 0 unspecified atom stereocenters. The number of nitrogens with two attached hydrogens (primary N) is 1. The molecule has 0 fully saturated rings. The molecule has 0 saturated heterocycles. The summed E-state index contributed by atoms with van der Waals surface area (Å²) in [5.41, 5.74) is 5.48. The van der Waals surface area contributed by atoms with Gasteiger partial charge in [-0.15, -0.1) is 0 Å². The SMILES string of the molecule is Nc1nsc2c([N+](=O)[O-])cc(Cl)cc12. The van der Waals surface area contributed by atoms with Crippen molar-refractivity contribution in [1.82, 2.24) is 4.37 Å². The minimum atomic E-state index is -0.494. The third kappa shape index (κ3) is 1.28. The van der Waals surface area contributed by atoms with Crippen LogP contribution in [0.15, 0.2) is 12.1 Å². The van der Waals surface area contributed by atoms with E-state index in [4.69, 9.17) is 17.3 Å². The molecule has 7 heteroatoms. The number of fused-ring (bicyclic) bond motifs is 1. The maximum atomic E-state index is 10.7. The Morgan fingerprint density at radius 3 is 2.93 bits per heavy atom. The molecule has 0 radical (unpaired) electrons. The highest BCUT2D eigenvalue weighted by Gasteiger charge is 2.17. The van der Waals surface area contributed by atoms with Crippen molar-refractivity contribution < 1.29 is 4.92 Å². The van der Waals surface area contributed by atoms with Crippen LogP contribution in [0.2, 0.25) is 5.02 Å².